The van der Waals surface area contributed by atoms with E-state index < -0.39 is 5.60 Å². The number of carbonyl (C=O) groups excluding carboxylic acids is 1. The number of imidazole rings is 1. The Labute approximate surface area is 215 Å². The smallest absolute Gasteiger partial charge is 0.444 e. The first-order chi connectivity index (χ1) is 16.8. The predicted octanol–water partition coefficient (Wildman–Crippen LogP) is 5.62. The summed E-state index contributed by atoms with van der Waals surface area (Å²) in [6.45, 7) is 14.0. The van der Waals surface area contributed by atoms with Crippen molar-refractivity contribution in [3.05, 3.63) is 36.3 Å². The molecule has 6 rings (SSSR count). The van der Waals surface area contributed by atoms with Crippen LogP contribution in [-0.4, -0.2) is 50.9 Å². The molecule has 36 heavy (non-hydrogen) atoms. The van der Waals surface area contributed by atoms with Crippen LogP contribution in [0, 0.1) is 5.92 Å². The fourth-order valence-corrected chi connectivity index (χ4v) is 5.63. The Kier molecular flexibility index (Phi) is 6.27. The Balaban J connectivity index is 1.37. The zero-order valence-corrected chi connectivity index (χ0v) is 22.8. The van der Waals surface area contributed by atoms with E-state index in [0.717, 1.165) is 54.6 Å². The maximum Gasteiger partial charge on any atom is 0.494 e. The molecule has 4 aliphatic rings. The Bertz CT molecular complexity index is 1080. The van der Waals surface area contributed by atoms with Gasteiger partial charge in [-0.25, -0.2) is 9.78 Å². The SMILES string of the molecule is CC(C)(C)OC(=O)N1C2CCC(CC2)CC1c1ncc(-c2ccc(B3OC(C)(C)C(C)(C)O3)cc2)[nH]1. The first-order valence-electron chi connectivity index (χ1n) is 13.4. The second-order valence-corrected chi connectivity index (χ2v) is 12.7. The van der Waals surface area contributed by atoms with Gasteiger partial charge in [0.2, 0.25) is 0 Å². The van der Waals surface area contributed by atoms with Gasteiger partial charge in [0.1, 0.15) is 11.4 Å². The molecule has 1 aromatic carbocycles. The quantitative estimate of drug-likeness (QED) is 0.562. The van der Waals surface area contributed by atoms with Gasteiger partial charge in [0.15, 0.2) is 0 Å². The molecule has 0 spiro atoms. The molecule has 1 unspecified atom stereocenters. The van der Waals surface area contributed by atoms with E-state index in [-0.39, 0.29) is 36.5 Å². The number of carbonyl (C=O) groups is 1. The molecule has 0 radical (unpaired) electrons. The number of benzene rings is 1. The Morgan fingerprint density at radius 2 is 1.67 bits per heavy atom. The summed E-state index contributed by atoms with van der Waals surface area (Å²) in [4.78, 5) is 23.6. The van der Waals surface area contributed by atoms with Gasteiger partial charge in [-0.2, -0.15) is 0 Å². The molecule has 4 fully saturated rings. The number of ether oxygens (including phenoxy) is 1. The van der Waals surface area contributed by atoms with Gasteiger partial charge in [-0.1, -0.05) is 24.3 Å². The molecule has 1 amide bonds. The van der Waals surface area contributed by atoms with Crippen LogP contribution in [0.5, 0.6) is 0 Å². The third kappa shape index (κ3) is 4.82. The molecule has 2 aromatic rings. The summed E-state index contributed by atoms with van der Waals surface area (Å²) < 4.78 is 18.2. The average Bonchev–Trinajstić information content (AvgIpc) is 3.23. The highest BCUT2D eigenvalue weighted by atomic mass is 16.7. The van der Waals surface area contributed by atoms with Crippen LogP contribution >= 0.6 is 0 Å². The molecular formula is C28H40BN3O4. The number of nitrogens with one attached hydrogen (secondary N) is 1. The first kappa shape index (κ1) is 25.3. The van der Waals surface area contributed by atoms with Crippen LogP contribution in [0.15, 0.2) is 30.5 Å². The van der Waals surface area contributed by atoms with E-state index in [4.69, 9.17) is 19.0 Å². The van der Waals surface area contributed by atoms with Gasteiger partial charge >= 0.3 is 13.2 Å². The van der Waals surface area contributed by atoms with Crippen LogP contribution in [0.4, 0.5) is 4.79 Å². The van der Waals surface area contributed by atoms with Crippen LogP contribution in [0.2, 0.25) is 0 Å². The fraction of sp³-hybridized carbons (Fsp3) is 0.643. The highest BCUT2D eigenvalue weighted by Crippen LogP contribution is 2.44. The molecule has 1 N–H and O–H groups in total. The summed E-state index contributed by atoms with van der Waals surface area (Å²) in [5, 5.41) is 0. The highest BCUT2D eigenvalue weighted by molar-refractivity contribution is 6.62. The number of H-pyrrole nitrogens is 1. The lowest BCUT2D eigenvalue weighted by atomic mass is 9.79. The molecule has 2 bridgehead atoms. The maximum absolute atomic E-state index is 13.3. The molecule has 7 nitrogen and oxygen atoms in total. The third-order valence-electron chi connectivity index (χ3n) is 8.36. The molecule has 1 aromatic heterocycles. The number of nitrogens with zero attached hydrogens (tertiary/aromatic N) is 2. The minimum absolute atomic E-state index is 0.0994. The summed E-state index contributed by atoms with van der Waals surface area (Å²) in [7, 11) is -0.384. The van der Waals surface area contributed by atoms with E-state index in [1.807, 2.05) is 31.9 Å². The molecule has 3 aliphatic heterocycles. The van der Waals surface area contributed by atoms with E-state index in [9.17, 15) is 4.79 Å². The Hall–Kier alpha value is -2.32. The molecule has 1 saturated carbocycles. The third-order valence-corrected chi connectivity index (χ3v) is 8.36. The van der Waals surface area contributed by atoms with E-state index in [2.05, 4.69) is 56.9 Å². The van der Waals surface area contributed by atoms with Gasteiger partial charge in [-0.05, 0) is 97.5 Å². The van der Waals surface area contributed by atoms with Crippen molar-refractivity contribution in [3.8, 4) is 11.3 Å². The molecule has 1 atom stereocenters. The van der Waals surface area contributed by atoms with E-state index in [0.29, 0.717) is 5.92 Å². The summed E-state index contributed by atoms with van der Waals surface area (Å²) >= 11 is 0. The summed E-state index contributed by atoms with van der Waals surface area (Å²) in [5.74, 6) is 1.45. The van der Waals surface area contributed by atoms with Crippen molar-refractivity contribution in [3.63, 3.8) is 0 Å². The number of aromatic amines is 1. The van der Waals surface area contributed by atoms with Crippen LogP contribution in [0.25, 0.3) is 11.3 Å². The van der Waals surface area contributed by atoms with Crippen LogP contribution in [-0.2, 0) is 14.0 Å². The minimum Gasteiger partial charge on any atom is -0.444 e. The maximum atomic E-state index is 13.3. The minimum atomic E-state index is -0.529. The number of aromatic nitrogens is 2. The molecule has 8 heteroatoms. The molecule has 194 valence electrons. The monoisotopic (exact) mass is 493 g/mol. The van der Waals surface area contributed by atoms with Gasteiger partial charge in [-0.15, -0.1) is 0 Å². The normalized spacial score (nSPS) is 27.2. The number of hydrogen-bond acceptors (Lipinski definition) is 5. The number of rotatable bonds is 3. The van der Waals surface area contributed by atoms with Gasteiger partial charge in [0.25, 0.3) is 0 Å². The van der Waals surface area contributed by atoms with Gasteiger partial charge in [-0.3, -0.25) is 4.90 Å². The second kappa shape index (κ2) is 8.91. The van der Waals surface area contributed by atoms with E-state index in [1.54, 1.807) is 0 Å². The van der Waals surface area contributed by atoms with E-state index >= 15 is 0 Å². The Morgan fingerprint density at radius 1 is 1.06 bits per heavy atom. The first-order valence-corrected chi connectivity index (χ1v) is 13.4. The van der Waals surface area contributed by atoms with Crippen molar-refractivity contribution in [1.82, 2.24) is 14.9 Å². The standard InChI is InChI=1S/C28H40BN3O4/c1-26(2,3)34-25(33)32-21-14-8-18(9-15-21)16-23(32)24-30-17-22(31-24)19-10-12-20(13-11-19)29-35-27(4,5)28(6,7)36-29/h10-13,17-18,21,23H,8-9,14-16H2,1-7H3,(H,30,31). The van der Waals surface area contributed by atoms with Gasteiger partial charge in [0, 0.05) is 6.04 Å². The lowest BCUT2D eigenvalue weighted by molar-refractivity contribution is 0.00436. The van der Waals surface area contributed by atoms with Gasteiger partial charge < -0.3 is 19.0 Å². The number of fused-ring (bicyclic) bond motifs is 4. The zero-order chi connectivity index (χ0) is 25.9. The fourth-order valence-electron chi connectivity index (χ4n) is 5.63. The van der Waals surface area contributed by atoms with Crippen molar-refractivity contribution in [2.75, 3.05) is 0 Å². The number of hydrogen-bond donors (Lipinski definition) is 1. The van der Waals surface area contributed by atoms with Crippen molar-refractivity contribution in [2.24, 2.45) is 5.92 Å². The lowest BCUT2D eigenvalue weighted by Gasteiger charge is -2.36. The van der Waals surface area contributed by atoms with Crippen molar-refractivity contribution < 1.29 is 18.8 Å². The lowest BCUT2D eigenvalue weighted by Crippen LogP contribution is -2.44. The van der Waals surface area contributed by atoms with Crippen LogP contribution in [0.1, 0.15) is 92.4 Å². The van der Waals surface area contributed by atoms with Gasteiger partial charge in [0.05, 0.1) is 29.1 Å². The largest absolute Gasteiger partial charge is 0.494 e. The van der Waals surface area contributed by atoms with Crippen molar-refractivity contribution in [2.45, 2.75) is 109 Å². The van der Waals surface area contributed by atoms with Crippen molar-refractivity contribution >= 4 is 18.7 Å². The van der Waals surface area contributed by atoms with Crippen LogP contribution in [0.3, 0.4) is 0 Å². The predicted molar refractivity (Wildman–Crippen MR) is 141 cm³/mol. The molecular weight excluding hydrogens is 453 g/mol. The highest BCUT2D eigenvalue weighted by Gasteiger charge is 2.51. The Morgan fingerprint density at radius 3 is 2.25 bits per heavy atom. The topological polar surface area (TPSA) is 76.7 Å². The van der Waals surface area contributed by atoms with Crippen LogP contribution < -0.4 is 5.46 Å². The summed E-state index contributed by atoms with van der Waals surface area (Å²) in [6.07, 6.45) is 6.96. The summed E-state index contributed by atoms with van der Waals surface area (Å²) in [6, 6.07) is 8.35. The summed E-state index contributed by atoms with van der Waals surface area (Å²) in [5.41, 5.74) is 1.70. The van der Waals surface area contributed by atoms with E-state index in [1.165, 1.54) is 0 Å². The second-order valence-electron chi connectivity index (χ2n) is 12.7. The molecule has 1 aliphatic carbocycles. The van der Waals surface area contributed by atoms with Crippen molar-refractivity contribution in [1.29, 1.82) is 0 Å². The molecule has 4 heterocycles. The zero-order valence-electron chi connectivity index (χ0n) is 22.8. The molecule has 3 saturated heterocycles. The number of amides is 1. The average molecular weight is 493 g/mol.